The summed E-state index contributed by atoms with van der Waals surface area (Å²) >= 11 is 22.0. The number of carbonyl (C=O) groups is 4. The number of phenolic OH excluding ortho intramolecular Hbond substituents is 3. The SMILES string of the molecule is C=CC(=O)N1CC2C(=O)Nc3c(F)c(-c4c(O)ccc(F)c4F)c(Cl)c4c3c(nc(=O)n4-c3c(C)ccnc3C(C)C)N2CC1C.C=CC(=O)N1CC2CS(=O)(=O)c3c(F)c(-c4c(O)ccc(F)c4F)c(Cl)c4c3c(nc(=O)n4-c3c(C)ccnc3C(C)C)N2CC1C.C=CC(=O)N1CC2CSc3c(F)c(-c4c(O)ccc(F)c4F)c(Cl)c4c3c(nc(=O)n4-c3c(C)ccnc3C(C)C)N2CC1C. The zero-order valence-corrected chi connectivity index (χ0v) is 79.6. The molecule has 3 saturated heterocycles. The smallest absolute Gasteiger partial charge is 0.354 e. The Bertz CT molecular complexity index is 7660. The molecule has 6 aromatic carbocycles. The summed E-state index contributed by atoms with van der Waals surface area (Å²) in [5.74, 6) is -18.5. The van der Waals surface area contributed by atoms with Crippen molar-refractivity contribution >= 4 is 136 Å². The number of fused-ring (bicyclic) bond motifs is 6. The van der Waals surface area contributed by atoms with E-state index < -0.39 is 203 Å². The van der Waals surface area contributed by atoms with Crippen molar-refractivity contribution in [1.82, 2.24) is 58.3 Å². The van der Waals surface area contributed by atoms with Crippen LogP contribution >= 0.6 is 46.6 Å². The maximum atomic E-state index is 17.0. The molecular formula is C96H86Cl3F9N16O12S2. The third kappa shape index (κ3) is 15.9. The molecule has 12 heterocycles. The molecule has 718 valence electrons. The molecule has 6 aliphatic rings. The molecule has 18 rings (SSSR count). The lowest BCUT2D eigenvalue weighted by Crippen LogP contribution is -2.62. The Hall–Kier alpha value is -13.4. The quantitative estimate of drug-likeness (QED) is 0.0652. The third-order valence-electron chi connectivity index (χ3n) is 25.5. The van der Waals surface area contributed by atoms with Crippen molar-refractivity contribution in [3.05, 3.63) is 244 Å². The van der Waals surface area contributed by atoms with Crippen LogP contribution in [0.4, 0.5) is 62.7 Å². The molecule has 6 aromatic heterocycles. The first-order valence-corrected chi connectivity index (χ1v) is 47.1. The molecule has 0 radical (unpaired) electrons. The van der Waals surface area contributed by atoms with Gasteiger partial charge in [-0.2, -0.15) is 15.0 Å². The number of benzene rings is 6. The van der Waals surface area contributed by atoms with Crippen LogP contribution in [0.5, 0.6) is 17.2 Å². The molecular weight excluding hydrogens is 1910 g/mol. The maximum Gasteiger partial charge on any atom is 0.354 e. The third-order valence-corrected chi connectivity index (χ3v) is 29.7. The zero-order valence-electron chi connectivity index (χ0n) is 75.7. The van der Waals surface area contributed by atoms with Gasteiger partial charge < -0.3 is 50.0 Å². The first-order valence-electron chi connectivity index (χ1n) is 43.3. The van der Waals surface area contributed by atoms with E-state index in [0.717, 1.165) is 57.3 Å². The second-order valence-electron chi connectivity index (χ2n) is 35.2. The number of nitrogens with one attached hydrogen (secondary N) is 1. The van der Waals surface area contributed by atoms with E-state index >= 15 is 26.3 Å². The molecule has 138 heavy (non-hydrogen) atoms. The molecule has 6 unspecified atom stereocenters. The summed E-state index contributed by atoms with van der Waals surface area (Å²) in [5.41, 5.74) is -4.63. The van der Waals surface area contributed by atoms with Crippen LogP contribution < -0.4 is 37.1 Å². The summed E-state index contributed by atoms with van der Waals surface area (Å²) in [6.45, 7) is 32.5. The predicted octanol–water partition coefficient (Wildman–Crippen LogP) is 16.6. The number of amides is 4. The van der Waals surface area contributed by atoms with E-state index in [1.165, 1.54) is 36.4 Å². The van der Waals surface area contributed by atoms with E-state index in [2.05, 4.69) is 55.0 Å². The van der Waals surface area contributed by atoms with Crippen molar-refractivity contribution in [2.75, 3.05) is 70.8 Å². The van der Waals surface area contributed by atoms with Crippen LogP contribution in [0.3, 0.4) is 0 Å². The summed E-state index contributed by atoms with van der Waals surface area (Å²) in [6, 6.07) is 5.70. The first kappa shape index (κ1) is 97.7. The van der Waals surface area contributed by atoms with Crippen molar-refractivity contribution in [3.63, 3.8) is 0 Å². The van der Waals surface area contributed by atoms with Crippen molar-refractivity contribution < 1.29 is 82.4 Å². The summed E-state index contributed by atoms with van der Waals surface area (Å²) in [6.07, 6.45) is 8.14. The maximum absolute atomic E-state index is 17.0. The number of aromatic nitrogens is 9. The number of pyridine rings is 3. The summed E-state index contributed by atoms with van der Waals surface area (Å²) in [7, 11) is -4.70. The van der Waals surface area contributed by atoms with E-state index in [4.69, 9.17) is 34.8 Å². The number of rotatable bonds is 12. The van der Waals surface area contributed by atoms with Gasteiger partial charge in [0.2, 0.25) is 23.6 Å². The van der Waals surface area contributed by atoms with Crippen molar-refractivity contribution in [2.45, 2.75) is 147 Å². The Morgan fingerprint density at radius 2 is 0.797 bits per heavy atom. The van der Waals surface area contributed by atoms with Gasteiger partial charge in [-0.3, -0.25) is 47.8 Å². The molecule has 0 aliphatic carbocycles. The van der Waals surface area contributed by atoms with Crippen molar-refractivity contribution in [2.24, 2.45) is 0 Å². The molecule has 12 aromatic rings. The molecule has 0 saturated carbocycles. The number of piperazine rings is 3. The van der Waals surface area contributed by atoms with Crippen molar-refractivity contribution in [1.29, 1.82) is 0 Å². The van der Waals surface area contributed by atoms with E-state index in [-0.39, 0.29) is 147 Å². The van der Waals surface area contributed by atoms with Crippen LogP contribution in [-0.4, -0.2) is 193 Å². The van der Waals surface area contributed by atoms with Gasteiger partial charge >= 0.3 is 17.1 Å². The van der Waals surface area contributed by atoms with Crippen molar-refractivity contribution in [3.8, 4) is 67.7 Å². The number of halogens is 12. The van der Waals surface area contributed by atoms with Gasteiger partial charge in [0.1, 0.15) is 51.5 Å². The fourth-order valence-electron chi connectivity index (χ4n) is 19.1. The highest BCUT2D eigenvalue weighted by Gasteiger charge is 2.49. The highest BCUT2D eigenvalue weighted by molar-refractivity contribution is 7.99. The monoisotopic (exact) mass is 1990 g/mol. The highest BCUT2D eigenvalue weighted by atomic mass is 35.5. The molecule has 6 atom stereocenters. The van der Waals surface area contributed by atoms with Gasteiger partial charge in [-0.05, 0) is 149 Å². The Labute approximate surface area is 800 Å². The van der Waals surface area contributed by atoms with E-state index in [1.807, 2.05) is 53.4 Å². The first-order chi connectivity index (χ1) is 65.2. The number of sulfone groups is 1. The minimum atomic E-state index is -4.70. The number of hydrogen-bond acceptors (Lipinski definition) is 22. The van der Waals surface area contributed by atoms with Crippen LogP contribution in [0.25, 0.3) is 83.2 Å². The van der Waals surface area contributed by atoms with Gasteiger partial charge in [0, 0.05) is 91.9 Å². The number of thioether (sulfide) groups is 1. The molecule has 0 spiro atoms. The van der Waals surface area contributed by atoms with Gasteiger partial charge in [0.25, 0.3) is 0 Å². The summed E-state index contributed by atoms with van der Waals surface area (Å²) < 4.78 is 172. The highest BCUT2D eigenvalue weighted by Crippen LogP contribution is 2.55. The minimum absolute atomic E-state index is 0.00000168. The number of aromatic hydroxyl groups is 3. The Morgan fingerprint density at radius 1 is 0.457 bits per heavy atom. The standard InChI is InChI=1S/C32H28ClF3N6O4.C32H29ClF3N5O5S.C32H29ClF3N5O3S/c1-6-19(44)40-12-17-31(45)38-27-22-29(23(33)21(25(27)36)20-18(43)8-7-16(34)24(20)35)42(28-14(4)9-10-37-26(28)13(2)3)32(46)39-30(22)41(17)11-15(40)5;1-6-20(43)39-12-17-13-47(45,46)30-23-29(24(33)22(26(30)36)21-19(42)8-7-18(34)25(21)35)41(28-15(4)9-10-37-27(28)14(2)3)32(44)38-31(23)40(17)11-16(39)5;1-6-20(43)39-12-17-13-45-30-23-29(24(33)22(26(30)36)21-19(42)8-7-18(34)25(21)35)41(28-15(4)9-10-37-27(28)14(2)3)32(44)38-31(23)40(17)11-16(39)5/h6-10,13,15,17,43H,1,11-12H2,2-5H3,(H,38,45);6-10,14,16-17,42H,1,11-13H2,2-5H3;6-10,14,16-17,42H,1,11-13H2,2-5H3. The number of carbonyl (C=O) groups excluding carboxylic acids is 4. The number of hydrogen-bond donors (Lipinski definition) is 4. The second kappa shape index (κ2) is 36.8. The molecule has 3 fully saturated rings. The average molecular weight is 2000 g/mol. The fourth-order valence-corrected chi connectivity index (χ4v) is 23.2. The Balaban J connectivity index is 0.000000150. The zero-order chi connectivity index (χ0) is 100. The largest absolute Gasteiger partial charge is 0.507 e. The number of aryl methyl sites for hydroxylation is 3. The van der Waals surface area contributed by atoms with Gasteiger partial charge in [-0.25, -0.2) is 62.3 Å². The molecule has 4 N–H and O–H groups in total. The Morgan fingerprint density at radius 3 is 1.20 bits per heavy atom. The van der Waals surface area contributed by atoms with Crippen LogP contribution in [0, 0.1) is 73.1 Å². The van der Waals surface area contributed by atoms with Gasteiger partial charge in [0.15, 0.2) is 56.4 Å². The van der Waals surface area contributed by atoms with Crippen LogP contribution in [0.15, 0.2) is 135 Å². The van der Waals surface area contributed by atoms with E-state index in [0.29, 0.717) is 51.6 Å². The van der Waals surface area contributed by atoms with E-state index in [9.17, 15) is 70.5 Å². The van der Waals surface area contributed by atoms with Crippen LogP contribution in [-0.2, 0) is 29.0 Å². The number of phenols is 3. The molecule has 28 nitrogen and oxygen atoms in total. The number of anilines is 4. The molecule has 6 aliphatic heterocycles. The van der Waals surface area contributed by atoms with Crippen LogP contribution in [0.2, 0.25) is 15.1 Å². The number of nitrogens with zero attached hydrogens (tertiary/aromatic N) is 15. The summed E-state index contributed by atoms with van der Waals surface area (Å²) in [5, 5.41) is 32.7. The lowest BCUT2D eigenvalue weighted by atomic mass is 9.98. The normalized spacial score (nSPS) is 18.1. The Kier molecular flexibility index (Phi) is 26.1. The van der Waals surface area contributed by atoms with Gasteiger partial charge in [-0.15, -0.1) is 11.8 Å². The average Bonchev–Trinajstić information content (AvgIpc) is 1.36. The summed E-state index contributed by atoms with van der Waals surface area (Å²) in [4.78, 5) is 130. The molecule has 42 heteroatoms. The molecule has 4 amide bonds. The lowest BCUT2D eigenvalue weighted by molar-refractivity contribution is -0.131. The van der Waals surface area contributed by atoms with Gasteiger partial charge in [-0.1, -0.05) is 96.1 Å². The van der Waals surface area contributed by atoms with Gasteiger partial charge in [0.05, 0.1) is 134 Å². The minimum Gasteiger partial charge on any atom is -0.507 e. The molecule has 0 bridgehead atoms. The lowest BCUT2D eigenvalue weighted by Gasteiger charge is -2.45. The van der Waals surface area contributed by atoms with E-state index in [1.54, 1.807) is 70.1 Å². The topological polar surface area (TPSA) is 338 Å². The predicted molar refractivity (Wildman–Crippen MR) is 507 cm³/mol. The second-order valence-corrected chi connectivity index (χ2v) is 39.3. The van der Waals surface area contributed by atoms with Crippen LogP contribution in [0.1, 0.15) is 114 Å². The fraction of sp³-hybridized carbons (Fsp3) is 0.302.